The van der Waals surface area contributed by atoms with E-state index < -0.39 is 6.29 Å². The van der Waals surface area contributed by atoms with Crippen molar-refractivity contribution in [1.82, 2.24) is 10.2 Å². The Kier molecular flexibility index (Phi) is 5.73. The maximum absolute atomic E-state index is 14.2. The molecule has 2 aliphatic rings. The minimum atomic E-state index is -0.505. The van der Waals surface area contributed by atoms with Gasteiger partial charge in [0, 0.05) is 28.4 Å². The van der Waals surface area contributed by atoms with Gasteiger partial charge in [0.2, 0.25) is 12.2 Å². The first-order chi connectivity index (χ1) is 14.8. The zero-order valence-electron chi connectivity index (χ0n) is 16.6. The summed E-state index contributed by atoms with van der Waals surface area (Å²) in [6.07, 6.45) is 5.43. The van der Waals surface area contributed by atoms with Gasteiger partial charge < -0.3 is 13.9 Å². The Morgan fingerprint density at radius 1 is 1.03 bits per heavy atom. The zero-order chi connectivity index (χ0) is 20.3. The van der Waals surface area contributed by atoms with Crippen LogP contribution in [0.25, 0.3) is 0 Å². The summed E-state index contributed by atoms with van der Waals surface area (Å²) in [5.41, 5.74) is 2.41. The summed E-state index contributed by atoms with van der Waals surface area (Å²) in [5, 5.41) is 8.95. The Labute approximate surface area is 179 Å². The van der Waals surface area contributed by atoms with E-state index in [1.807, 2.05) is 30.3 Å². The molecule has 2 heterocycles. The van der Waals surface area contributed by atoms with Gasteiger partial charge >= 0.3 is 0 Å². The third kappa shape index (κ3) is 4.23. The summed E-state index contributed by atoms with van der Waals surface area (Å²) in [5.74, 6) is 1.95. The van der Waals surface area contributed by atoms with Crippen LogP contribution >= 0.6 is 11.8 Å². The van der Waals surface area contributed by atoms with Crippen molar-refractivity contribution in [3.8, 4) is 5.75 Å². The van der Waals surface area contributed by atoms with Gasteiger partial charge in [0.05, 0.1) is 6.61 Å². The maximum atomic E-state index is 14.2. The molecule has 1 aromatic heterocycles. The Morgan fingerprint density at radius 2 is 1.87 bits per heavy atom. The SMILES string of the molecule is Fc1cc2c(c(CSc3nnc(C4CCCCC4)o3)c1)OC(c1ccccc1)OC2. The van der Waals surface area contributed by atoms with E-state index in [1.165, 1.54) is 43.2 Å². The van der Waals surface area contributed by atoms with Crippen molar-refractivity contribution < 1.29 is 18.3 Å². The molecule has 0 saturated heterocycles. The molecular weight excluding hydrogens is 403 g/mol. The van der Waals surface area contributed by atoms with Gasteiger partial charge in [0.25, 0.3) is 5.22 Å². The van der Waals surface area contributed by atoms with Gasteiger partial charge in [-0.25, -0.2) is 4.39 Å². The molecule has 2 aromatic carbocycles. The largest absolute Gasteiger partial charge is 0.460 e. The number of rotatable bonds is 5. The highest BCUT2D eigenvalue weighted by molar-refractivity contribution is 7.98. The minimum absolute atomic E-state index is 0.302. The lowest BCUT2D eigenvalue weighted by atomic mass is 9.89. The van der Waals surface area contributed by atoms with E-state index in [-0.39, 0.29) is 5.82 Å². The second kappa shape index (κ2) is 8.78. The van der Waals surface area contributed by atoms with E-state index >= 15 is 0 Å². The van der Waals surface area contributed by atoms with E-state index in [0.29, 0.717) is 34.8 Å². The maximum Gasteiger partial charge on any atom is 0.276 e. The minimum Gasteiger partial charge on any atom is -0.460 e. The summed E-state index contributed by atoms with van der Waals surface area (Å²) in [4.78, 5) is 0. The first-order valence-electron chi connectivity index (χ1n) is 10.4. The first-order valence-corrected chi connectivity index (χ1v) is 11.4. The second-order valence-corrected chi connectivity index (χ2v) is 8.68. The van der Waals surface area contributed by atoms with Crippen LogP contribution in [0.5, 0.6) is 5.75 Å². The predicted molar refractivity (Wildman–Crippen MR) is 111 cm³/mol. The molecule has 156 valence electrons. The van der Waals surface area contributed by atoms with Crippen LogP contribution in [0, 0.1) is 5.82 Å². The van der Waals surface area contributed by atoms with Crippen LogP contribution in [0.4, 0.5) is 4.39 Å². The summed E-state index contributed by atoms with van der Waals surface area (Å²) in [7, 11) is 0. The number of aromatic nitrogens is 2. The third-order valence-corrected chi connectivity index (χ3v) is 6.49. The number of thioether (sulfide) groups is 1. The van der Waals surface area contributed by atoms with Gasteiger partial charge in [0.1, 0.15) is 11.6 Å². The molecule has 5 nitrogen and oxygen atoms in total. The first kappa shape index (κ1) is 19.6. The fraction of sp³-hybridized carbons (Fsp3) is 0.391. The lowest BCUT2D eigenvalue weighted by molar-refractivity contribution is -0.112. The average molecular weight is 427 g/mol. The number of nitrogens with zero attached hydrogens (tertiary/aromatic N) is 2. The highest BCUT2D eigenvalue weighted by Gasteiger charge is 2.26. The molecule has 30 heavy (non-hydrogen) atoms. The molecular formula is C23H23FN2O3S. The molecule has 1 saturated carbocycles. The lowest BCUT2D eigenvalue weighted by Gasteiger charge is -2.28. The van der Waals surface area contributed by atoms with E-state index in [4.69, 9.17) is 13.9 Å². The fourth-order valence-electron chi connectivity index (χ4n) is 4.09. The zero-order valence-corrected chi connectivity index (χ0v) is 17.4. The van der Waals surface area contributed by atoms with Gasteiger partial charge in [-0.3, -0.25) is 0 Å². The number of halogens is 1. The van der Waals surface area contributed by atoms with Crippen molar-refractivity contribution in [3.05, 3.63) is 70.9 Å². The molecule has 5 rings (SSSR count). The summed E-state index contributed by atoms with van der Waals surface area (Å²) >= 11 is 1.41. The number of benzene rings is 2. The molecule has 0 spiro atoms. The summed E-state index contributed by atoms with van der Waals surface area (Å²) in [6, 6.07) is 12.7. The molecule has 7 heteroatoms. The van der Waals surface area contributed by atoms with E-state index in [2.05, 4.69) is 10.2 Å². The number of hydrogen-bond donors (Lipinski definition) is 0. The van der Waals surface area contributed by atoms with Gasteiger partial charge in [-0.2, -0.15) is 0 Å². The lowest BCUT2D eigenvalue weighted by Crippen LogP contribution is -2.19. The van der Waals surface area contributed by atoms with Gasteiger partial charge in [-0.05, 0) is 25.0 Å². The van der Waals surface area contributed by atoms with Crippen LogP contribution in [0.3, 0.4) is 0 Å². The van der Waals surface area contributed by atoms with Crippen LogP contribution in [-0.4, -0.2) is 10.2 Å². The van der Waals surface area contributed by atoms with Gasteiger partial charge in [-0.1, -0.05) is 61.4 Å². The predicted octanol–water partition coefficient (Wildman–Crippen LogP) is 6.16. The number of hydrogen-bond acceptors (Lipinski definition) is 6. The number of fused-ring (bicyclic) bond motifs is 1. The van der Waals surface area contributed by atoms with Crippen molar-refractivity contribution in [1.29, 1.82) is 0 Å². The fourth-order valence-corrected chi connectivity index (χ4v) is 4.83. The third-order valence-electron chi connectivity index (χ3n) is 5.62. The molecule has 3 aromatic rings. The molecule has 1 fully saturated rings. The van der Waals surface area contributed by atoms with Crippen molar-refractivity contribution >= 4 is 11.8 Å². The van der Waals surface area contributed by atoms with E-state index in [1.54, 1.807) is 0 Å². The van der Waals surface area contributed by atoms with E-state index in [0.717, 1.165) is 29.9 Å². The van der Waals surface area contributed by atoms with Gasteiger partial charge in [0.15, 0.2) is 0 Å². The molecule has 0 N–H and O–H groups in total. The monoisotopic (exact) mass is 426 g/mol. The molecule has 0 radical (unpaired) electrons. The van der Waals surface area contributed by atoms with Crippen LogP contribution in [0.1, 0.15) is 66.9 Å². The molecule has 1 unspecified atom stereocenters. The Hall–Kier alpha value is -2.38. The molecule has 1 atom stereocenters. The Morgan fingerprint density at radius 3 is 2.70 bits per heavy atom. The van der Waals surface area contributed by atoms with Crippen LogP contribution in [0.2, 0.25) is 0 Å². The normalized spacial score (nSPS) is 19.3. The molecule has 1 aliphatic heterocycles. The smallest absolute Gasteiger partial charge is 0.276 e. The highest BCUT2D eigenvalue weighted by Crippen LogP contribution is 2.39. The highest BCUT2D eigenvalue weighted by atomic mass is 32.2. The van der Waals surface area contributed by atoms with Crippen molar-refractivity contribution in [2.24, 2.45) is 0 Å². The standard InChI is InChI=1S/C23H23FN2O3S/c24-19-11-17-13-27-22(16-9-5-2-6-10-16)28-20(17)18(12-19)14-30-23-26-25-21(29-23)15-7-3-1-4-8-15/h2,5-6,9-12,15,22H,1,3-4,7-8,13-14H2. The quantitative estimate of drug-likeness (QED) is 0.456. The van der Waals surface area contributed by atoms with E-state index in [9.17, 15) is 4.39 Å². The second-order valence-electron chi connectivity index (χ2n) is 7.75. The van der Waals surface area contributed by atoms with Gasteiger partial charge in [-0.15, -0.1) is 10.2 Å². The van der Waals surface area contributed by atoms with Crippen molar-refractivity contribution in [3.63, 3.8) is 0 Å². The number of ether oxygens (including phenoxy) is 2. The topological polar surface area (TPSA) is 57.4 Å². The average Bonchev–Trinajstić information content (AvgIpc) is 3.27. The Bertz CT molecular complexity index is 1000. The van der Waals surface area contributed by atoms with Crippen LogP contribution in [0.15, 0.2) is 52.1 Å². The van der Waals surface area contributed by atoms with Crippen LogP contribution < -0.4 is 4.74 Å². The van der Waals surface area contributed by atoms with Crippen LogP contribution in [-0.2, 0) is 17.1 Å². The molecule has 0 amide bonds. The summed E-state index contributed by atoms with van der Waals surface area (Å²) < 4.78 is 32.0. The summed E-state index contributed by atoms with van der Waals surface area (Å²) in [6.45, 7) is 0.302. The van der Waals surface area contributed by atoms with Crippen molar-refractivity contribution in [2.45, 2.75) is 61.9 Å². The van der Waals surface area contributed by atoms with Crippen molar-refractivity contribution in [2.75, 3.05) is 0 Å². The Balaban J connectivity index is 1.32. The molecule has 1 aliphatic carbocycles. The molecule has 0 bridgehead atoms.